The first-order chi connectivity index (χ1) is 36.4. The van der Waals surface area contributed by atoms with E-state index in [-0.39, 0.29) is 35.9 Å². The second-order valence-corrected chi connectivity index (χ2v) is 21.7. The summed E-state index contributed by atoms with van der Waals surface area (Å²) in [6, 6.07) is -5.08. The number of unbranched alkanes of at least 4 members (excludes halogenated alkanes) is 3. The summed E-state index contributed by atoms with van der Waals surface area (Å²) < 4.78 is 5.24. The van der Waals surface area contributed by atoms with Crippen LogP contribution in [0.25, 0.3) is 10.9 Å². The number of hydrogen-bond acceptors (Lipinski definition) is 16. The number of hydrogen-bond donors (Lipinski definition) is 14. The van der Waals surface area contributed by atoms with Gasteiger partial charge in [-0.15, -0.1) is 11.8 Å². The summed E-state index contributed by atoms with van der Waals surface area (Å²) in [5, 5.41) is 66.4. The third-order valence-corrected chi connectivity index (χ3v) is 14.6. The SMILES string of the molecule is CC[C@H](C)[C@@H]1NC(=O)CNC(=O)C2Cc3c([nH]c4cc(O)ccc34)SCC(NC(=O)CNC1=O)C(=O)N[C@@H](CC(=O)NCCCCCCNC(=O)OC(C)(C)C)C(=O)N1C[C@H](O)C[C@H]1C(=O)N[C@@H]([C@@H](C)[C@@H](O)CO)C(=O)N2. The molecule has 77 heavy (non-hydrogen) atoms. The number of nitrogens with zero attached hydrogens (tertiary/aromatic N) is 1. The zero-order chi connectivity index (χ0) is 56.7. The second-order valence-electron chi connectivity index (χ2n) is 20.7. The van der Waals surface area contributed by atoms with Crippen molar-refractivity contribution in [3.8, 4) is 5.75 Å². The molecule has 4 heterocycles. The number of aliphatic hydroxyl groups is 3. The fourth-order valence-electron chi connectivity index (χ4n) is 8.95. The molecule has 1 fully saturated rings. The Morgan fingerprint density at radius 1 is 0.818 bits per heavy atom. The van der Waals surface area contributed by atoms with Gasteiger partial charge in [-0.2, -0.15) is 0 Å². The number of phenolic OH excluding ortho intramolecular Hbond substituents is 1. The third-order valence-electron chi connectivity index (χ3n) is 13.5. The van der Waals surface area contributed by atoms with Crippen LogP contribution in [0, 0.1) is 11.8 Å². The summed E-state index contributed by atoms with van der Waals surface area (Å²) in [4.78, 5) is 143. The number of alkyl carbamates (subject to hydrolysis) is 1. The van der Waals surface area contributed by atoms with Crippen LogP contribution in [0.1, 0.15) is 92.1 Å². The smallest absolute Gasteiger partial charge is 0.407 e. The highest BCUT2D eigenvalue weighted by molar-refractivity contribution is 7.99. The van der Waals surface area contributed by atoms with Gasteiger partial charge < -0.3 is 82.9 Å². The van der Waals surface area contributed by atoms with Gasteiger partial charge in [0, 0.05) is 55.6 Å². The predicted octanol–water partition coefficient (Wildman–Crippen LogP) is -2.22. The number of nitrogens with one attached hydrogen (secondary N) is 10. The minimum absolute atomic E-state index is 0.151. The summed E-state index contributed by atoms with van der Waals surface area (Å²) in [6.45, 7) is 7.83. The van der Waals surface area contributed by atoms with E-state index >= 15 is 0 Å². The molecule has 10 amide bonds. The van der Waals surface area contributed by atoms with Crippen LogP contribution < -0.4 is 47.9 Å². The Balaban J connectivity index is 1.56. The van der Waals surface area contributed by atoms with Crippen LogP contribution in [0.5, 0.6) is 5.75 Å². The first kappa shape index (κ1) is 61.1. The third kappa shape index (κ3) is 17.7. The molecule has 0 spiro atoms. The van der Waals surface area contributed by atoms with Gasteiger partial charge in [0.2, 0.25) is 53.2 Å². The van der Waals surface area contributed by atoms with E-state index in [9.17, 15) is 68.4 Å². The molecule has 1 saturated heterocycles. The van der Waals surface area contributed by atoms with E-state index < -0.39 is 158 Å². The number of aromatic nitrogens is 1. The molecule has 1 aromatic carbocycles. The van der Waals surface area contributed by atoms with E-state index in [1.807, 2.05) is 0 Å². The summed E-state index contributed by atoms with van der Waals surface area (Å²) in [6.07, 6.45) is -2.08. The summed E-state index contributed by atoms with van der Waals surface area (Å²) in [5.41, 5.74) is 0.0328. The fraction of sp³-hybridized carbons (Fsp3) is 0.640. The van der Waals surface area contributed by atoms with Crippen LogP contribution in [-0.2, 0) is 54.3 Å². The van der Waals surface area contributed by atoms with Crippen LogP contribution in [0.4, 0.5) is 4.79 Å². The number of benzene rings is 1. The number of H-pyrrole nitrogens is 1. The van der Waals surface area contributed by atoms with E-state index in [0.29, 0.717) is 55.1 Å². The van der Waals surface area contributed by atoms with Crippen molar-refractivity contribution in [2.75, 3.05) is 45.1 Å². The highest BCUT2D eigenvalue weighted by atomic mass is 32.2. The molecule has 5 rings (SSSR count). The monoisotopic (exact) mass is 1100 g/mol. The van der Waals surface area contributed by atoms with Crippen molar-refractivity contribution in [2.24, 2.45) is 11.8 Å². The van der Waals surface area contributed by atoms with E-state index in [1.165, 1.54) is 25.1 Å². The number of aromatic hydroxyl groups is 1. The molecule has 0 aliphatic carbocycles. The lowest BCUT2D eigenvalue weighted by Crippen LogP contribution is -2.62. The Bertz CT molecular complexity index is 2490. The van der Waals surface area contributed by atoms with Crippen molar-refractivity contribution in [3.63, 3.8) is 0 Å². The molecule has 3 aliphatic rings. The van der Waals surface area contributed by atoms with Gasteiger partial charge in [0.1, 0.15) is 47.6 Å². The molecular formula is C50H75N11O15S. The van der Waals surface area contributed by atoms with Crippen molar-refractivity contribution in [2.45, 2.75) is 152 Å². The quantitative estimate of drug-likeness (QED) is 0.0892. The first-order valence-electron chi connectivity index (χ1n) is 25.9. The molecule has 10 atom stereocenters. The lowest BCUT2D eigenvalue weighted by Gasteiger charge is -2.33. The van der Waals surface area contributed by atoms with Crippen molar-refractivity contribution in [1.82, 2.24) is 57.7 Å². The zero-order valence-electron chi connectivity index (χ0n) is 44.2. The summed E-state index contributed by atoms with van der Waals surface area (Å²) in [5.74, 6) is -10.4. The molecule has 0 radical (unpaired) electrons. The average molecular weight is 1100 g/mol. The summed E-state index contributed by atoms with van der Waals surface area (Å²) >= 11 is 0.959. The Morgan fingerprint density at radius 3 is 2.14 bits per heavy atom. The van der Waals surface area contributed by atoms with Crippen molar-refractivity contribution in [3.05, 3.63) is 23.8 Å². The topological polar surface area (TPSA) is 388 Å². The van der Waals surface area contributed by atoms with Gasteiger partial charge in [-0.3, -0.25) is 43.2 Å². The van der Waals surface area contributed by atoms with Crippen LogP contribution >= 0.6 is 11.8 Å². The normalized spacial score (nSPS) is 24.8. The molecule has 2 aromatic rings. The Morgan fingerprint density at radius 2 is 1.48 bits per heavy atom. The first-order valence-corrected chi connectivity index (χ1v) is 26.9. The molecule has 426 valence electrons. The van der Waals surface area contributed by atoms with E-state index in [2.05, 4.69) is 52.8 Å². The van der Waals surface area contributed by atoms with Gasteiger partial charge in [-0.05, 0) is 57.2 Å². The standard InChI is InChI=1S/C50H75N11O15S/c1-7-25(2)40-45(72)54-20-38(67)55-34-24-77-47-30(29-13-12-27(63)16-31(29)58-47)18-32(42(69)53-21-39(68)59-40)56-46(73)41(26(3)36(65)23-62)60-44(71)35-17-28(64)22-61(35)48(74)33(57-43(34)70)19-37(66)51-14-10-8-9-11-15-52-49(75)76-50(4,5)6/h12-13,16,25-26,28,32-36,40-41,58,62-65H,7-11,14-15,17-24H2,1-6H3,(H,51,66)(H,52,75)(H,53,69)(H,54,72)(H,55,67)(H,56,73)(H,57,70)(H,59,68)(H,60,71)/t25-,26-,28+,32?,33-,34?,35-,36-,40-,41-/m0/s1. The molecule has 1 aromatic heterocycles. The maximum absolute atomic E-state index is 14.8. The van der Waals surface area contributed by atoms with Gasteiger partial charge in [-0.1, -0.05) is 40.0 Å². The van der Waals surface area contributed by atoms with E-state index in [0.717, 1.165) is 16.7 Å². The van der Waals surface area contributed by atoms with Gasteiger partial charge in [-0.25, -0.2) is 4.79 Å². The number of amides is 10. The highest BCUT2D eigenvalue weighted by Crippen LogP contribution is 2.33. The number of ether oxygens (including phenoxy) is 1. The number of phenols is 1. The van der Waals surface area contributed by atoms with Crippen molar-refractivity contribution < 1.29 is 73.1 Å². The fourth-order valence-corrected chi connectivity index (χ4v) is 10.1. The largest absolute Gasteiger partial charge is 0.508 e. The van der Waals surface area contributed by atoms with Crippen LogP contribution in [0.15, 0.2) is 23.2 Å². The number of carbonyl (C=O) groups excluding carboxylic acids is 10. The maximum Gasteiger partial charge on any atom is 0.407 e. The molecule has 0 saturated carbocycles. The molecule has 14 N–H and O–H groups in total. The Hall–Kier alpha value is -6.71. The van der Waals surface area contributed by atoms with E-state index in [1.54, 1.807) is 34.6 Å². The number of aliphatic hydroxyl groups excluding tert-OH is 3. The zero-order valence-corrected chi connectivity index (χ0v) is 45.1. The van der Waals surface area contributed by atoms with Crippen LogP contribution in [-0.4, -0.2) is 189 Å². The molecule has 2 bridgehead atoms. The highest BCUT2D eigenvalue weighted by Gasteiger charge is 2.45. The molecule has 27 heteroatoms. The van der Waals surface area contributed by atoms with Gasteiger partial charge >= 0.3 is 6.09 Å². The maximum atomic E-state index is 14.8. The molecular weight excluding hydrogens is 1030 g/mol. The molecule has 2 unspecified atom stereocenters. The van der Waals surface area contributed by atoms with Gasteiger partial charge in [0.15, 0.2) is 0 Å². The predicted molar refractivity (Wildman–Crippen MR) is 278 cm³/mol. The van der Waals surface area contributed by atoms with Crippen LogP contribution in [0.2, 0.25) is 0 Å². The lowest BCUT2D eigenvalue weighted by atomic mass is 9.93. The van der Waals surface area contributed by atoms with Crippen molar-refractivity contribution >= 4 is 81.9 Å². The molecule has 3 aliphatic heterocycles. The number of rotatable bonds is 14. The second kappa shape index (κ2) is 28.1. The van der Waals surface area contributed by atoms with Crippen LogP contribution in [0.3, 0.4) is 0 Å². The lowest BCUT2D eigenvalue weighted by molar-refractivity contribution is -0.144. The summed E-state index contributed by atoms with van der Waals surface area (Å²) in [7, 11) is 0. The van der Waals surface area contributed by atoms with Gasteiger partial charge in [0.25, 0.3) is 0 Å². The Labute approximate surface area is 449 Å². The minimum atomic E-state index is -1.74. The molecule has 26 nitrogen and oxygen atoms in total. The number of thioether (sulfide) groups is 1. The van der Waals surface area contributed by atoms with Gasteiger partial charge in [0.05, 0.1) is 48.9 Å². The number of aromatic amines is 1. The van der Waals surface area contributed by atoms with E-state index in [4.69, 9.17) is 4.74 Å². The number of fused-ring (bicyclic) bond motifs is 5. The van der Waals surface area contributed by atoms with Crippen molar-refractivity contribution in [1.29, 1.82) is 0 Å². The number of carbonyl (C=O) groups is 10. The Kier molecular flexibility index (Phi) is 22.3. The minimum Gasteiger partial charge on any atom is -0.508 e. The average Bonchev–Trinajstić information content (AvgIpc) is 3.96.